The monoisotopic (exact) mass is 268 g/mol. The van der Waals surface area contributed by atoms with Crippen LogP contribution in [-0.2, 0) is 15.8 Å². The van der Waals surface area contributed by atoms with Crippen molar-refractivity contribution in [1.82, 2.24) is 0 Å². The molecule has 1 saturated carbocycles. The van der Waals surface area contributed by atoms with Gasteiger partial charge in [-0.25, -0.2) is 13.6 Å². The van der Waals surface area contributed by atoms with E-state index in [4.69, 9.17) is 5.14 Å². The molecule has 18 heavy (non-hydrogen) atoms. The van der Waals surface area contributed by atoms with Gasteiger partial charge in [0, 0.05) is 11.7 Å². The molecule has 4 nitrogen and oxygen atoms in total. The van der Waals surface area contributed by atoms with Gasteiger partial charge in [-0.3, -0.25) is 0 Å². The molecule has 1 aliphatic rings. The number of nitrogens with one attached hydrogen (secondary N) is 1. The van der Waals surface area contributed by atoms with Gasteiger partial charge < -0.3 is 5.32 Å². The lowest BCUT2D eigenvalue weighted by atomic mass is 10.1. The summed E-state index contributed by atoms with van der Waals surface area (Å²) in [6, 6.07) is 8.01. The number of hydrogen-bond donors (Lipinski definition) is 2. The van der Waals surface area contributed by atoms with Gasteiger partial charge in [0.15, 0.2) is 0 Å². The Morgan fingerprint density at radius 3 is 2.44 bits per heavy atom. The number of sulfonamides is 1. The zero-order valence-corrected chi connectivity index (χ0v) is 11.4. The van der Waals surface area contributed by atoms with Gasteiger partial charge in [0.25, 0.3) is 0 Å². The zero-order chi connectivity index (χ0) is 13.2. The lowest BCUT2D eigenvalue weighted by Crippen LogP contribution is -2.16. The summed E-state index contributed by atoms with van der Waals surface area (Å²) in [6.45, 7) is 2.27. The van der Waals surface area contributed by atoms with E-state index in [2.05, 4.69) is 12.2 Å². The SMILES string of the molecule is CC1CCC(Nc2ccc(CS(N)(=O)=O)cc2)C1. The number of primary sulfonamides is 1. The van der Waals surface area contributed by atoms with Gasteiger partial charge in [0.1, 0.15) is 0 Å². The highest BCUT2D eigenvalue weighted by molar-refractivity contribution is 7.88. The van der Waals surface area contributed by atoms with Gasteiger partial charge in [0.05, 0.1) is 5.75 Å². The third kappa shape index (κ3) is 3.99. The molecule has 0 spiro atoms. The third-order valence-corrected chi connectivity index (χ3v) is 4.12. The lowest BCUT2D eigenvalue weighted by molar-refractivity contribution is 0.597. The molecule has 3 N–H and O–H groups in total. The highest BCUT2D eigenvalue weighted by Crippen LogP contribution is 2.27. The van der Waals surface area contributed by atoms with Crippen LogP contribution in [0.25, 0.3) is 0 Å². The van der Waals surface area contributed by atoms with E-state index in [0.29, 0.717) is 6.04 Å². The van der Waals surface area contributed by atoms with E-state index in [1.54, 1.807) is 0 Å². The molecule has 1 aromatic carbocycles. The Morgan fingerprint density at radius 1 is 1.28 bits per heavy atom. The van der Waals surface area contributed by atoms with E-state index in [-0.39, 0.29) is 5.75 Å². The molecule has 1 aliphatic carbocycles. The predicted octanol–water partition coefficient (Wildman–Crippen LogP) is 2.08. The highest BCUT2D eigenvalue weighted by atomic mass is 32.2. The molecular formula is C13H20N2O2S. The van der Waals surface area contributed by atoms with Crippen LogP contribution in [0, 0.1) is 5.92 Å². The van der Waals surface area contributed by atoms with E-state index < -0.39 is 10.0 Å². The summed E-state index contributed by atoms with van der Waals surface area (Å²) in [5, 5.41) is 8.49. The second kappa shape index (κ2) is 5.28. The maximum atomic E-state index is 11.0. The van der Waals surface area contributed by atoms with Crippen molar-refractivity contribution in [1.29, 1.82) is 0 Å². The fourth-order valence-corrected chi connectivity index (χ4v) is 3.16. The molecular weight excluding hydrogens is 248 g/mol. The number of benzene rings is 1. The summed E-state index contributed by atoms with van der Waals surface area (Å²) in [5.41, 5.74) is 1.77. The van der Waals surface area contributed by atoms with Gasteiger partial charge in [-0.2, -0.15) is 0 Å². The van der Waals surface area contributed by atoms with Crippen molar-refractivity contribution in [3.63, 3.8) is 0 Å². The molecule has 0 aliphatic heterocycles. The van der Waals surface area contributed by atoms with E-state index >= 15 is 0 Å². The normalized spacial score (nSPS) is 24.1. The fraction of sp³-hybridized carbons (Fsp3) is 0.538. The van der Waals surface area contributed by atoms with E-state index in [9.17, 15) is 8.42 Å². The Labute approximate surface area is 109 Å². The smallest absolute Gasteiger partial charge is 0.213 e. The van der Waals surface area contributed by atoms with Crippen molar-refractivity contribution in [3.05, 3.63) is 29.8 Å². The summed E-state index contributed by atoms with van der Waals surface area (Å²) >= 11 is 0. The predicted molar refractivity (Wildman–Crippen MR) is 73.7 cm³/mol. The van der Waals surface area contributed by atoms with Crippen LogP contribution < -0.4 is 10.5 Å². The van der Waals surface area contributed by atoms with Crippen molar-refractivity contribution in [3.8, 4) is 0 Å². The van der Waals surface area contributed by atoms with Crippen LogP contribution in [0.15, 0.2) is 24.3 Å². The summed E-state index contributed by atoms with van der Waals surface area (Å²) in [5.74, 6) is 0.692. The summed E-state index contributed by atoms with van der Waals surface area (Å²) in [4.78, 5) is 0. The number of anilines is 1. The largest absolute Gasteiger partial charge is 0.382 e. The average Bonchev–Trinajstić information content (AvgIpc) is 2.65. The van der Waals surface area contributed by atoms with Crippen molar-refractivity contribution in [2.24, 2.45) is 11.1 Å². The summed E-state index contributed by atoms with van der Waals surface area (Å²) in [7, 11) is -3.44. The molecule has 1 fully saturated rings. The molecule has 2 atom stereocenters. The topological polar surface area (TPSA) is 72.2 Å². The first-order valence-electron chi connectivity index (χ1n) is 6.28. The van der Waals surface area contributed by atoms with E-state index in [1.807, 2.05) is 24.3 Å². The van der Waals surface area contributed by atoms with E-state index in [0.717, 1.165) is 17.2 Å². The minimum absolute atomic E-state index is 0.103. The Bertz CT molecular complexity index is 496. The van der Waals surface area contributed by atoms with Crippen molar-refractivity contribution in [2.45, 2.75) is 38.0 Å². The molecule has 0 saturated heterocycles. The van der Waals surface area contributed by atoms with Crippen molar-refractivity contribution in [2.75, 3.05) is 5.32 Å². The Hall–Kier alpha value is -1.07. The minimum Gasteiger partial charge on any atom is -0.382 e. The van der Waals surface area contributed by atoms with Gasteiger partial charge >= 0.3 is 0 Å². The Balaban J connectivity index is 1.95. The van der Waals surface area contributed by atoms with Gasteiger partial charge in [-0.15, -0.1) is 0 Å². The summed E-state index contributed by atoms with van der Waals surface area (Å²) < 4.78 is 21.9. The van der Waals surface area contributed by atoms with Gasteiger partial charge in [-0.05, 0) is 42.9 Å². The minimum atomic E-state index is -3.44. The van der Waals surface area contributed by atoms with E-state index in [1.165, 1.54) is 19.3 Å². The maximum Gasteiger partial charge on any atom is 0.213 e. The molecule has 0 bridgehead atoms. The van der Waals surface area contributed by atoms with Crippen LogP contribution in [0.4, 0.5) is 5.69 Å². The first kappa shape index (κ1) is 13.4. The Morgan fingerprint density at radius 2 is 1.94 bits per heavy atom. The molecule has 0 heterocycles. The zero-order valence-electron chi connectivity index (χ0n) is 10.6. The number of hydrogen-bond acceptors (Lipinski definition) is 3. The lowest BCUT2D eigenvalue weighted by Gasteiger charge is -2.14. The highest BCUT2D eigenvalue weighted by Gasteiger charge is 2.20. The maximum absolute atomic E-state index is 11.0. The molecule has 0 radical (unpaired) electrons. The molecule has 1 aromatic rings. The first-order valence-corrected chi connectivity index (χ1v) is 8.00. The van der Waals surface area contributed by atoms with Crippen LogP contribution in [0.1, 0.15) is 31.7 Å². The molecule has 100 valence electrons. The first-order chi connectivity index (χ1) is 8.42. The van der Waals surface area contributed by atoms with Crippen LogP contribution in [0.3, 0.4) is 0 Å². The van der Waals surface area contributed by atoms with Gasteiger partial charge in [0.2, 0.25) is 10.0 Å². The standard InChI is InChI=1S/C13H20N2O2S/c1-10-2-5-13(8-10)15-12-6-3-11(4-7-12)9-18(14,16)17/h3-4,6-7,10,13,15H,2,5,8-9H2,1H3,(H2,14,16,17). The molecule has 5 heteroatoms. The Kier molecular flexibility index (Phi) is 3.92. The molecule has 0 amide bonds. The average molecular weight is 268 g/mol. The third-order valence-electron chi connectivity index (χ3n) is 3.39. The molecule has 2 rings (SSSR count). The molecule has 0 aromatic heterocycles. The van der Waals surface area contributed by atoms with Crippen LogP contribution >= 0.6 is 0 Å². The second-order valence-electron chi connectivity index (χ2n) is 5.26. The fourth-order valence-electron chi connectivity index (χ4n) is 2.50. The second-order valence-corrected chi connectivity index (χ2v) is 6.88. The van der Waals surface area contributed by atoms with Crippen LogP contribution in [-0.4, -0.2) is 14.5 Å². The number of nitrogens with two attached hydrogens (primary N) is 1. The summed E-state index contributed by atoms with van der Waals surface area (Å²) in [6.07, 6.45) is 3.69. The quantitative estimate of drug-likeness (QED) is 0.878. The number of rotatable bonds is 4. The molecule has 2 unspecified atom stereocenters. The van der Waals surface area contributed by atoms with Crippen LogP contribution in [0.2, 0.25) is 0 Å². The van der Waals surface area contributed by atoms with Crippen LogP contribution in [0.5, 0.6) is 0 Å². The van der Waals surface area contributed by atoms with Crippen molar-refractivity contribution >= 4 is 15.7 Å². The van der Waals surface area contributed by atoms with Crippen molar-refractivity contribution < 1.29 is 8.42 Å². The van der Waals surface area contributed by atoms with Gasteiger partial charge in [-0.1, -0.05) is 19.1 Å².